The summed E-state index contributed by atoms with van der Waals surface area (Å²) in [5.74, 6) is 2.66. The Balaban J connectivity index is 1.71. The fraction of sp³-hybridized carbons (Fsp3) is 0.692. The van der Waals surface area contributed by atoms with Crippen LogP contribution in [0.1, 0.15) is 32.1 Å². The van der Waals surface area contributed by atoms with Gasteiger partial charge in [0, 0.05) is 13.1 Å². The summed E-state index contributed by atoms with van der Waals surface area (Å²) in [6, 6.07) is 0. The highest BCUT2D eigenvalue weighted by Crippen LogP contribution is 2.36. The third-order valence-electron chi connectivity index (χ3n) is 4.23. The van der Waals surface area contributed by atoms with Crippen LogP contribution in [-0.2, 0) is 0 Å². The topological polar surface area (TPSA) is 55.0 Å². The second kappa shape index (κ2) is 4.51. The summed E-state index contributed by atoms with van der Waals surface area (Å²) in [5, 5.41) is 0. The van der Waals surface area contributed by atoms with Crippen LogP contribution in [0.15, 0.2) is 12.4 Å². The number of fused-ring (bicyclic) bond motifs is 1. The van der Waals surface area contributed by atoms with Crippen molar-refractivity contribution in [2.24, 2.45) is 11.8 Å². The summed E-state index contributed by atoms with van der Waals surface area (Å²) in [6.07, 6.45) is 10.4. The van der Waals surface area contributed by atoms with Crippen LogP contribution in [0.4, 0.5) is 11.6 Å². The minimum Gasteiger partial charge on any atom is -0.396 e. The van der Waals surface area contributed by atoms with Crippen molar-refractivity contribution >= 4 is 11.6 Å². The van der Waals surface area contributed by atoms with E-state index in [1.54, 1.807) is 12.4 Å². The molecule has 1 aliphatic heterocycles. The number of nitrogen functional groups attached to an aromatic ring is 1. The van der Waals surface area contributed by atoms with Crippen LogP contribution >= 0.6 is 0 Å². The summed E-state index contributed by atoms with van der Waals surface area (Å²) in [4.78, 5) is 11.0. The molecule has 0 bridgehead atoms. The monoisotopic (exact) mass is 232 g/mol. The van der Waals surface area contributed by atoms with Crippen LogP contribution in [0.2, 0.25) is 0 Å². The molecule has 1 saturated carbocycles. The quantitative estimate of drug-likeness (QED) is 0.805. The first-order chi connectivity index (χ1) is 8.33. The Morgan fingerprint density at radius 1 is 1.06 bits per heavy atom. The predicted molar refractivity (Wildman–Crippen MR) is 68.7 cm³/mol. The average molecular weight is 232 g/mol. The molecule has 2 fully saturated rings. The van der Waals surface area contributed by atoms with Crippen molar-refractivity contribution < 1.29 is 0 Å². The molecule has 2 heterocycles. The number of piperidine rings is 1. The van der Waals surface area contributed by atoms with Crippen molar-refractivity contribution in [3.8, 4) is 0 Å². The van der Waals surface area contributed by atoms with Crippen LogP contribution < -0.4 is 10.6 Å². The number of hydrogen-bond donors (Lipinski definition) is 1. The van der Waals surface area contributed by atoms with Crippen molar-refractivity contribution in [1.82, 2.24) is 9.97 Å². The molecule has 3 rings (SSSR count). The Kier molecular flexibility index (Phi) is 2.87. The second-order valence-corrected chi connectivity index (χ2v) is 5.36. The molecule has 1 saturated heterocycles. The van der Waals surface area contributed by atoms with Gasteiger partial charge in [-0.25, -0.2) is 9.97 Å². The van der Waals surface area contributed by atoms with E-state index in [0.29, 0.717) is 5.69 Å². The van der Waals surface area contributed by atoms with Gasteiger partial charge >= 0.3 is 0 Å². The molecular weight excluding hydrogens is 212 g/mol. The first-order valence-electron chi connectivity index (χ1n) is 6.65. The van der Waals surface area contributed by atoms with E-state index >= 15 is 0 Å². The molecular formula is C13H20N4. The van der Waals surface area contributed by atoms with E-state index in [2.05, 4.69) is 14.9 Å². The van der Waals surface area contributed by atoms with E-state index in [9.17, 15) is 0 Å². The zero-order valence-electron chi connectivity index (χ0n) is 10.2. The molecule has 0 spiro atoms. The molecule has 4 heteroatoms. The van der Waals surface area contributed by atoms with E-state index < -0.39 is 0 Å². The Hall–Kier alpha value is -1.32. The Labute approximate surface area is 102 Å². The van der Waals surface area contributed by atoms with Crippen molar-refractivity contribution in [1.29, 1.82) is 0 Å². The lowest BCUT2D eigenvalue weighted by Gasteiger charge is -2.41. The molecule has 1 aromatic rings. The first-order valence-corrected chi connectivity index (χ1v) is 6.65. The normalized spacial score (nSPS) is 28.8. The second-order valence-electron chi connectivity index (χ2n) is 5.36. The van der Waals surface area contributed by atoms with Crippen molar-refractivity contribution in [2.45, 2.75) is 32.1 Å². The molecule has 2 unspecified atom stereocenters. The summed E-state index contributed by atoms with van der Waals surface area (Å²) in [7, 11) is 0. The molecule has 17 heavy (non-hydrogen) atoms. The highest BCUT2D eigenvalue weighted by molar-refractivity contribution is 5.38. The molecule has 0 aromatic carbocycles. The van der Waals surface area contributed by atoms with Gasteiger partial charge in [0.2, 0.25) is 5.95 Å². The fourth-order valence-corrected chi connectivity index (χ4v) is 3.28. The fourth-order valence-electron chi connectivity index (χ4n) is 3.28. The van der Waals surface area contributed by atoms with Gasteiger partial charge in [-0.15, -0.1) is 0 Å². The molecule has 0 amide bonds. The molecule has 1 aliphatic carbocycles. The maximum atomic E-state index is 5.62. The van der Waals surface area contributed by atoms with Gasteiger partial charge in [-0.2, -0.15) is 0 Å². The summed E-state index contributed by atoms with van der Waals surface area (Å²) < 4.78 is 0. The lowest BCUT2D eigenvalue weighted by molar-refractivity contribution is 0.201. The maximum Gasteiger partial charge on any atom is 0.225 e. The van der Waals surface area contributed by atoms with Gasteiger partial charge in [-0.3, -0.25) is 0 Å². The van der Waals surface area contributed by atoms with Gasteiger partial charge in [0.1, 0.15) is 0 Å². The highest BCUT2D eigenvalue weighted by Gasteiger charge is 2.31. The van der Waals surface area contributed by atoms with Crippen molar-refractivity contribution in [3.05, 3.63) is 12.4 Å². The number of nitrogens with zero attached hydrogens (tertiary/aromatic N) is 3. The number of rotatable bonds is 1. The summed E-state index contributed by atoms with van der Waals surface area (Å²) in [5.41, 5.74) is 6.26. The number of anilines is 2. The zero-order chi connectivity index (χ0) is 11.7. The van der Waals surface area contributed by atoms with Crippen LogP contribution in [0.5, 0.6) is 0 Å². The van der Waals surface area contributed by atoms with E-state index in [1.165, 1.54) is 32.1 Å². The van der Waals surface area contributed by atoms with Gasteiger partial charge in [-0.05, 0) is 24.7 Å². The lowest BCUT2D eigenvalue weighted by Crippen LogP contribution is -2.42. The first kappa shape index (κ1) is 10.8. The third kappa shape index (κ3) is 2.21. The predicted octanol–water partition coefficient (Wildman–Crippen LogP) is 2.08. The van der Waals surface area contributed by atoms with Crippen LogP contribution in [0.3, 0.4) is 0 Å². The number of hydrogen-bond acceptors (Lipinski definition) is 4. The maximum absolute atomic E-state index is 5.62. The molecule has 2 aliphatic rings. The third-order valence-corrected chi connectivity index (χ3v) is 4.23. The lowest BCUT2D eigenvalue weighted by atomic mass is 9.75. The van der Waals surface area contributed by atoms with Crippen LogP contribution in [-0.4, -0.2) is 23.1 Å². The van der Waals surface area contributed by atoms with Crippen LogP contribution in [0.25, 0.3) is 0 Å². The molecule has 1 aromatic heterocycles. The van der Waals surface area contributed by atoms with E-state index in [4.69, 9.17) is 5.73 Å². The minimum absolute atomic E-state index is 0.640. The van der Waals surface area contributed by atoms with Crippen molar-refractivity contribution in [2.75, 3.05) is 23.7 Å². The van der Waals surface area contributed by atoms with Gasteiger partial charge in [0.15, 0.2) is 0 Å². The van der Waals surface area contributed by atoms with Gasteiger partial charge in [0.25, 0.3) is 0 Å². The van der Waals surface area contributed by atoms with Gasteiger partial charge in [-0.1, -0.05) is 19.3 Å². The van der Waals surface area contributed by atoms with E-state index in [0.717, 1.165) is 30.9 Å². The molecule has 92 valence electrons. The Morgan fingerprint density at radius 2 is 1.76 bits per heavy atom. The van der Waals surface area contributed by atoms with Crippen LogP contribution in [0, 0.1) is 11.8 Å². The molecule has 0 radical (unpaired) electrons. The summed E-state index contributed by atoms with van der Waals surface area (Å²) >= 11 is 0. The van der Waals surface area contributed by atoms with Gasteiger partial charge in [0.05, 0.1) is 18.1 Å². The highest BCUT2D eigenvalue weighted by atomic mass is 15.3. The Bertz CT molecular complexity index is 376. The number of aromatic nitrogens is 2. The molecule has 4 nitrogen and oxygen atoms in total. The van der Waals surface area contributed by atoms with E-state index in [-0.39, 0.29) is 0 Å². The minimum atomic E-state index is 0.640. The number of nitrogens with two attached hydrogens (primary N) is 1. The largest absolute Gasteiger partial charge is 0.396 e. The zero-order valence-corrected chi connectivity index (χ0v) is 10.2. The molecule has 2 atom stereocenters. The van der Waals surface area contributed by atoms with E-state index in [1.807, 2.05) is 0 Å². The van der Waals surface area contributed by atoms with Gasteiger partial charge < -0.3 is 10.6 Å². The standard InChI is InChI=1S/C13H20N4/c14-12-7-15-13(16-8-12)17-6-5-10-3-1-2-4-11(10)9-17/h7-8,10-11H,1-6,9,14H2. The average Bonchev–Trinajstić information content (AvgIpc) is 2.39. The smallest absolute Gasteiger partial charge is 0.225 e. The molecule has 2 N–H and O–H groups in total. The Morgan fingerprint density at radius 3 is 2.53 bits per heavy atom. The summed E-state index contributed by atoms with van der Waals surface area (Å²) in [6.45, 7) is 2.24. The van der Waals surface area contributed by atoms with Crippen molar-refractivity contribution in [3.63, 3.8) is 0 Å². The SMILES string of the molecule is Nc1cnc(N2CCC3CCCCC3C2)nc1.